The lowest BCUT2D eigenvalue weighted by molar-refractivity contribution is 0.334. The van der Waals surface area contributed by atoms with Crippen LogP contribution in [0.3, 0.4) is 0 Å². The van der Waals surface area contributed by atoms with Crippen molar-refractivity contribution in [1.29, 1.82) is 0 Å². The maximum absolute atomic E-state index is 14.5. The predicted octanol–water partition coefficient (Wildman–Crippen LogP) is 2.36. The molecule has 1 aliphatic rings. The molecule has 4 rings (SSSR count). The monoisotopic (exact) mass is 354 g/mol. The minimum Gasteiger partial charge on any atom is -0.507 e. The molecular formula is C18H19FN6O. The van der Waals surface area contributed by atoms with Gasteiger partial charge in [-0.2, -0.15) is 4.39 Å². The van der Waals surface area contributed by atoms with Crippen LogP contribution in [0.4, 0.5) is 10.2 Å². The third kappa shape index (κ3) is 2.99. The number of aromatic nitrogens is 4. The Balaban J connectivity index is 1.75. The van der Waals surface area contributed by atoms with Gasteiger partial charge >= 0.3 is 0 Å². The average Bonchev–Trinajstić information content (AvgIpc) is 3.05. The number of aromatic hydroxyl groups is 1. The van der Waals surface area contributed by atoms with Crippen molar-refractivity contribution in [2.75, 3.05) is 18.8 Å². The topological polar surface area (TPSA) is 102 Å². The molecule has 0 saturated carbocycles. The van der Waals surface area contributed by atoms with Crippen LogP contribution in [0.5, 0.6) is 5.75 Å². The number of rotatable bonds is 3. The van der Waals surface area contributed by atoms with Crippen LogP contribution in [0.25, 0.3) is 22.4 Å². The van der Waals surface area contributed by atoms with Gasteiger partial charge in [0.1, 0.15) is 5.75 Å². The van der Waals surface area contributed by atoms with E-state index >= 15 is 0 Å². The van der Waals surface area contributed by atoms with Crippen molar-refractivity contribution < 1.29 is 9.50 Å². The van der Waals surface area contributed by atoms with Crippen molar-refractivity contribution in [3.63, 3.8) is 0 Å². The summed E-state index contributed by atoms with van der Waals surface area (Å²) in [5, 5.41) is 25.3. The Morgan fingerprint density at radius 3 is 2.65 bits per heavy atom. The smallest absolute Gasteiger partial charge is 0.240 e. The normalized spacial score (nSPS) is 15.3. The van der Waals surface area contributed by atoms with Gasteiger partial charge in [-0.25, -0.2) is 0 Å². The van der Waals surface area contributed by atoms with Gasteiger partial charge in [-0.1, -0.05) is 12.1 Å². The molecule has 1 saturated heterocycles. The van der Waals surface area contributed by atoms with E-state index in [2.05, 4.69) is 20.6 Å². The summed E-state index contributed by atoms with van der Waals surface area (Å²) in [6, 6.07) is 8.56. The molecule has 1 aromatic carbocycles. The summed E-state index contributed by atoms with van der Waals surface area (Å²) in [6.07, 6.45) is 3.47. The van der Waals surface area contributed by atoms with E-state index in [4.69, 9.17) is 5.73 Å². The summed E-state index contributed by atoms with van der Waals surface area (Å²) in [7, 11) is 0. The van der Waals surface area contributed by atoms with E-state index in [1.54, 1.807) is 41.2 Å². The zero-order valence-electron chi connectivity index (χ0n) is 14.1. The molecule has 0 amide bonds. The third-order valence-electron chi connectivity index (χ3n) is 4.66. The molecule has 0 aliphatic carbocycles. The number of nitrogen functional groups attached to an aromatic ring is 1. The molecule has 0 unspecified atom stereocenters. The Morgan fingerprint density at radius 2 is 1.88 bits per heavy atom. The molecular weight excluding hydrogens is 335 g/mol. The fourth-order valence-electron chi connectivity index (χ4n) is 3.25. The number of anilines is 1. The average molecular weight is 354 g/mol. The van der Waals surface area contributed by atoms with Gasteiger partial charge < -0.3 is 16.2 Å². The number of nitrogens with one attached hydrogen (secondary N) is 1. The second kappa shape index (κ2) is 6.72. The van der Waals surface area contributed by atoms with Gasteiger partial charge in [-0.05, 0) is 44.1 Å². The quantitative estimate of drug-likeness (QED) is 0.667. The third-order valence-corrected chi connectivity index (χ3v) is 4.66. The number of nitrogens with zero attached hydrogens (tertiary/aromatic N) is 4. The minimum atomic E-state index is -0.591. The molecule has 0 radical (unpaired) electrons. The first-order valence-corrected chi connectivity index (χ1v) is 8.51. The number of phenolic OH excluding ortho intramolecular Hbond substituents is 1. The Morgan fingerprint density at radius 1 is 1.12 bits per heavy atom. The molecule has 2 aromatic heterocycles. The Bertz CT molecular complexity index is 935. The Hall–Kier alpha value is -3.00. The molecule has 8 heteroatoms. The van der Waals surface area contributed by atoms with Gasteiger partial charge in [0, 0.05) is 17.3 Å². The standard InChI is InChI=1S/C18H19FN6O/c19-17-14(10-25(24-17)11-5-7-21-8-6-11)13-9-15(22-23-18(13)20)12-3-1-2-4-16(12)26/h1-4,9-11,21,26H,5-8H2,(H2,20,23). The van der Waals surface area contributed by atoms with Crippen molar-refractivity contribution in [2.45, 2.75) is 18.9 Å². The van der Waals surface area contributed by atoms with Gasteiger partial charge in [-0.3, -0.25) is 4.68 Å². The number of nitrogens with two attached hydrogens (primary N) is 1. The van der Waals surface area contributed by atoms with Crippen LogP contribution in [0, 0.1) is 5.95 Å². The van der Waals surface area contributed by atoms with Gasteiger partial charge in [0.15, 0.2) is 5.82 Å². The summed E-state index contributed by atoms with van der Waals surface area (Å²) in [6.45, 7) is 1.77. The zero-order chi connectivity index (χ0) is 18.1. The van der Waals surface area contributed by atoms with Gasteiger partial charge in [-0.15, -0.1) is 15.3 Å². The summed E-state index contributed by atoms with van der Waals surface area (Å²) in [4.78, 5) is 0. The second-order valence-electron chi connectivity index (χ2n) is 6.34. The van der Waals surface area contributed by atoms with E-state index in [9.17, 15) is 9.50 Å². The van der Waals surface area contributed by atoms with Crippen molar-refractivity contribution in [3.05, 3.63) is 42.5 Å². The minimum absolute atomic E-state index is 0.0726. The highest BCUT2D eigenvalue weighted by Gasteiger charge is 2.21. The van der Waals surface area contributed by atoms with E-state index in [0.29, 0.717) is 16.8 Å². The number of hydrogen-bond donors (Lipinski definition) is 3. The molecule has 4 N–H and O–H groups in total. The summed E-state index contributed by atoms with van der Waals surface area (Å²) in [5.41, 5.74) is 7.57. The summed E-state index contributed by atoms with van der Waals surface area (Å²) >= 11 is 0. The predicted molar refractivity (Wildman–Crippen MR) is 95.9 cm³/mol. The first-order chi connectivity index (χ1) is 12.6. The van der Waals surface area contributed by atoms with Gasteiger partial charge in [0.05, 0.1) is 17.3 Å². The van der Waals surface area contributed by atoms with Crippen molar-refractivity contribution in [3.8, 4) is 28.1 Å². The first-order valence-electron chi connectivity index (χ1n) is 8.51. The highest BCUT2D eigenvalue weighted by Crippen LogP contribution is 2.33. The lowest BCUT2D eigenvalue weighted by Crippen LogP contribution is -2.29. The van der Waals surface area contributed by atoms with E-state index in [1.807, 2.05) is 0 Å². The van der Waals surface area contributed by atoms with Crippen LogP contribution in [0.1, 0.15) is 18.9 Å². The number of piperidine rings is 1. The van der Waals surface area contributed by atoms with Gasteiger partial charge in [0.2, 0.25) is 5.95 Å². The molecule has 134 valence electrons. The van der Waals surface area contributed by atoms with E-state index in [1.165, 1.54) is 0 Å². The molecule has 0 bridgehead atoms. The number of phenols is 1. The maximum Gasteiger partial charge on any atom is 0.240 e. The van der Waals surface area contributed by atoms with E-state index < -0.39 is 5.95 Å². The SMILES string of the molecule is Nc1nnc(-c2ccccc2O)cc1-c1cn(C2CCNCC2)nc1F. The van der Waals surface area contributed by atoms with Crippen molar-refractivity contribution in [1.82, 2.24) is 25.3 Å². The van der Waals surface area contributed by atoms with Crippen LogP contribution in [0.15, 0.2) is 36.5 Å². The lowest BCUT2D eigenvalue weighted by Gasteiger charge is -2.22. The van der Waals surface area contributed by atoms with Gasteiger partial charge in [0.25, 0.3) is 0 Å². The Kier molecular flexibility index (Phi) is 4.26. The van der Waals surface area contributed by atoms with E-state index in [-0.39, 0.29) is 23.2 Å². The largest absolute Gasteiger partial charge is 0.507 e. The molecule has 1 aliphatic heterocycles. The molecule has 3 aromatic rings. The Labute approximate surface area is 149 Å². The van der Waals surface area contributed by atoms with E-state index in [0.717, 1.165) is 25.9 Å². The molecule has 1 fully saturated rings. The number of hydrogen-bond acceptors (Lipinski definition) is 6. The summed E-state index contributed by atoms with van der Waals surface area (Å²) in [5.74, 6) is -0.400. The highest BCUT2D eigenvalue weighted by atomic mass is 19.1. The molecule has 0 spiro atoms. The fraction of sp³-hybridized carbons (Fsp3) is 0.278. The van der Waals surface area contributed by atoms with Crippen LogP contribution in [-0.2, 0) is 0 Å². The highest BCUT2D eigenvalue weighted by molar-refractivity contribution is 5.78. The number of halogens is 1. The fourth-order valence-corrected chi connectivity index (χ4v) is 3.25. The maximum atomic E-state index is 14.5. The van der Waals surface area contributed by atoms with Crippen LogP contribution in [-0.4, -0.2) is 38.2 Å². The van der Waals surface area contributed by atoms with Crippen LogP contribution in [0.2, 0.25) is 0 Å². The molecule has 0 atom stereocenters. The zero-order valence-corrected chi connectivity index (χ0v) is 14.1. The summed E-state index contributed by atoms with van der Waals surface area (Å²) < 4.78 is 16.2. The lowest BCUT2D eigenvalue weighted by atomic mass is 10.1. The molecule has 26 heavy (non-hydrogen) atoms. The second-order valence-corrected chi connectivity index (χ2v) is 6.34. The molecule has 7 nitrogen and oxygen atoms in total. The number of benzene rings is 1. The van der Waals surface area contributed by atoms with Crippen LogP contribution < -0.4 is 11.1 Å². The number of para-hydroxylation sites is 1. The van der Waals surface area contributed by atoms with Crippen LogP contribution >= 0.6 is 0 Å². The first kappa shape index (κ1) is 16.5. The van der Waals surface area contributed by atoms with Crippen molar-refractivity contribution >= 4 is 5.82 Å². The molecule has 3 heterocycles. The van der Waals surface area contributed by atoms with Crippen molar-refractivity contribution in [2.24, 2.45) is 0 Å².